The summed E-state index contributed by atoms with van der Waals surface area (Å²) < 4.78 is 68.6. The third kappa shape index (κ3) is 3.69. The molecular weight excluding hydrogens is 389 g/mol. The molecule has 12 heteroatoms. The highest BCUT2D eigenvalue weighted by Crippen LogP contribution is 2.35. The van der Waals surface area contributed by atoms with Crippen LogP contribution in [-0.2, 0) is 16.0 Å². The van der Waals surface area contributed by atoms with Gasteiger partial charge in [-0.3, -0.25) is 4.79 Å². The zero-order valence-corrected chi connectivity index (χ0v) is 14.4. The molecule has 0 atom stereocenters. The van der Waals surface area contributed by atoms with Gasteiger partial charge in [0.1, 0.15) is 5.82 Å². The van der Waals surface area contributed by atoms with Crippen LogP contribution in [0, 0.1) is 0 Å². The fraction of sp³-hybridized carbons (Fsp3) is 0.133. The second-order valence-electron chi connectivity index (χ2n) is 5.36. The van der Waals surface area contributed by atoms with Crippen molar-refractivity contribution in [3.05, 3.63) is 48.0 Å². The minimum atomic E-state index is -4.90. The molecule has 3 aromatic rings. The van der Waals surface area contributed by atoms with Gasteiger partial charge in [-0.05, 0) is 18.2 Å². The van der Waals surface area contributed by atoms with Crippen LogP contribution in [-0.4, -0.2) is 35.7 Å². The largest absolute Gasteiger partial charge is 0.449 e. The van der Waals surface area contributed by atoms with Crippen LogP contribution in [0.25, 0.3) is 5.82 Å². The first-order chi connectivity index (χ1) is 12.6. The van der Waals surface area contributed by atoms with Gasteiger partial charge in [0, 0.05) is 18.5 Å². The average molecular weight is 400 g/mol. The Morgan fingerprint density at radius 2 is 2.00 bits per heavy atom. The second kappa shape index (κ2) is 6.54. The van der Waals surface area contributed by atoms with Crippen molar-refractivity contribution in [3.8, 4) is 5.82 Å². The standard InChI is InChI=1S/C15H11F3N4O4S/c1-27(24,25)9-4-5-11(19-7-9)22-14(20-12-3-2-6-26-12)10(8-23)13(21-22)15(16,17)18/h2-8,20H,1H3. The van der Waals surface area contributed by atoms with Crippen LogP contribution in [0.3, 0.4) is 0 Å². The molecule has 3 heterocycles. The Hall–Kier alpha value is -3.15. The second-order valence-corrected chi connectivity index (χ2v) is 7.38. The van der Waals surface area contributed by atoms with Gasteiger partial charge in [0.25, 0.3) is 0 Å². The number of pyridine rings is 1. The SMILES string of the molecule is CS(=O)(=O)c1ccc(-n2nc(C(F)(F)F)c(C=O)c2Nc2ccco2)nc1. The maximum atomic E-state index is 13.3. The zero-order valence-electron chi connectivity index (χ0n) is 13.6. The number of hydrogen-bond donors (Lipinski definition) is 1. The van der Waals surface area contributed by atoms with Crippen molar-refractivity contribution in [2.45, 2.75) is 11.1 Å². The predicted octanol–water partition coefficient (Wildman–Crippen LogP) is 2.84. The van der Waals surface area contributed by atoms with Gasteiger partial charge in [-0.25, -0.2) is 13.4 Å². The first-order valence-electron chi connectivity index (χ1n) is 7.23. The number of rotatable bonds is 5. The number of anilines is 2. The molecule has 0 amide bonds. The van der Waals surface area contributed by atoms with Gasteiger partial charge in [0.15, 0.2) is 33.5 Å². The normalized spacial score (nSPS) is 12.1. The van der Waals surface area contributed by atoms with Gasteiger partial charge in [-0.2, -0.15) is 23.0 Å². The summed E-state index contributed by atoms with van der Waals surface area (Å²) >= 11 is 0. The number of aromatic nitrogens is 3. The summed E-state index contributed by atoms with van der Waals surface area (Å²) in [5.41, 5.74) is -2.16. The van der Waals surface area contributed by atoms with Crippen LogP contribution in [0.5, 0.6) is 0 Å². The molecule has 0 fully saturated rings. The lowest BCUT2D eigenvalue weighted by Crippen LogP contribution is -2.10. The van der Waals surface area contributed by atoms with Crippen molar-refractivity contribution in [2.24, 2.45) is 0 Å². The molecule has 0 saturated carbocycles. The Balaban J connectivity index is 2.18. The number of halogens is 3. The highest BCUT2D eigenvalue weighted by atomic mass is 32.2. The van der Waals surface area contributed by atoms with E-state index in [1.807, 2.05) is 0 Å². The molecule has 0 aliphatic carbocycles. The maximum absolute atomic E-state index is 13.3. The van der Waals surface area contributed by atoms with E-state index in [0.717, 1.165) is 17.1 Å². The van der Waals surface area contributed by atoms with E-state index in [0.29, 0.717) is 0 Å². The molecule has 3 aromatic heterocycles. The van der Waals surface area contributed by atoms with Gasteiger partial charge in [0.05, 0.1) is 16.7 Å². The summed E-state index contributed by atoms with van der Waals surface area (Å²) in [7, 11) is -3.54. The number of nitrogens with zero attached hydrogens (tertiary/aromatic N) is 3. The minimum absolute atomic E-state index is 0.0163. The fourth-order valence-corrected chi connectivity index (χ4v) is 2.78. The zero-order chi connectivity index (χ0) is 19.8. The van der Waals surface area contributed by atoms with Crippen LogP contribution in [0.4, 0.5) is 24.9 Å². The molecule has 0 spiro atoms. The number of sulfone groups is 1. The van der Waals surface area contributed by atoms with Crippen molar-refractivity contribution in [1.29, 1.82) is 0 Å². The first-order valence-corrected chi connectivity index (χ1v) is 9.13. The predicted molar refractivity (Wildman–Crippen MR) is 86.8 cm³/mol. The molecule has 8 nitrogen and oxygen atoms in total. The summed E-state index contributed by atoms with van der Waals surface area (Å²) in [5.74, 6) is -0.386. The molecule has 142 valence electrons. The molecule has 0 radical (unpaired) electrons. The van der Waals surface area contributed by atoms with Crippen LogP contribution in [0.2, 0.25) is 0 Å². The van der Waals surface area contributed by atoms with Gasteiger partial charge >= 0.3 is 6.18 Å². The quantitative estimate of drug-likeness (QED) is 0.656. The number of carbonyl (C=O) groups is 1. The molecule has 0 aliphatic heterocycles. The number of hydrogen-bond acceptors (Lipinski definition) is 7. The maximum Gasteiger partial charge on any atom is 0.435 e. The number of furan rings is 1. The third-order valence-electron chi connectivity index (χ3n) is 3.44. The van der Waals surface area contributed by atoms with E-state index < -0.39 is 27.3 Å². The summed E-state index contributed by atoms with van der Waals surface area (Å²) in [4.78, 5) is 15.1. The Bertz CT molecular complexity index is 1070. The molecular formula is C15H11F3N4O4S. The highest BCUT2D eigenvalue weighted by Gasteiger charge is 2.40. The number of carbonyl (C=O) groups excluding carboxylic acids is 1. The lowest BCUT2D eigenvalue weighted by Gasteiger charge is -2.08. The van der Waals surface area contributed by atoms with Crippen LogP contribution >= 0.6 is 0 Å². The Morgan fingerprint density at radius 1 is 1.26 bits per heavy atom. The Morgan fingerprint density at radius 3 is 2.48 bits per heavy atom. The molecule has 27 heavy (non-hydrogen) atoms. The number of alkyl halides is 3. The van der Waals surface area contributed by atoms with E-state index >= 15 is 0 Å². The topological polar surface area (TPSA) is 107 Å². The first kappa shape index (κ1) is 18.6. The minimum Gasteiger partial charge on any atom is -0.449 e. The van der Waals surface area contributed by atoms with Crippen LogP contribution in [0.1, 0.15) is 16.1 Å². The van der Waals surface area contributed by atoms with Gasteiger partial charge in [-0.15, -0.1) is 0 Å². The summed E-state index contributed by atoms with van der Waals surface area (Å²) in [6.45, 7) is 0. The molecule has 0 aromatic carbocycles. The van der Waals surface area contributed by atoms with E-state index in [1.165, 1.54) is 30.5 Å². The van der Waals surface area contributed by atoms with E-state index in [2.05, 4.69) is 15.4 Å². The van der Waals surface area contributed by atoms with E-state index in [1.54, 1.807) is 0 Å². The Kier molecular flexibility index (Phi) is 4.51. The van der Waals surface area contributed by atoms with E-state index in [-0.39, 0.29) is 28.7 Å². The van der Waals surface area contributed by atoms with E-state index in [4.69, 9.17) is 4.42 Å². The molecule has 0 bridgehead atoms. The van der Waals surface area contributed by atoms with Crippen molar-refractivity contribution in [2.75, 3.05) is 11.6 Å². The number of aldehydes is 1. The molecule has 3 rings (SSSR count). The lowest BCUT2D eigenvalue weighted by molar-refractivity contribution is -0.141. The molecule has 0 unspecified atom stereocenters. The highest BCUT2D eigenvalue weighted by molar-refractivity contribution is 7.90. The summed E-state index contributed by atoms with van der Waals surface area (Å²) in [5, 5.41) is 5.99. The van der Waals surface area contributed by atoms with Crippen LogP contribution < -0.4 is 5.32 Å². The van der Waals surface area contributed by atoms with Gasteiger partial charge < -0.3 is 9.73 Å². The molecule has 0 aliphatic rings. The summed E-state index contributed by atoms with van der Waals surface area (Å²) in [6.07, 6.45) is -1.64. The fourth-order valence-electron chi connectivity index (χ4n) is 2.22. The third-order valence-corrected chi connectivity index (χ3v) is 4.53. The molecule has 0 saturated heterocycles. The average Bonchev–Trinajstić information content (AvgIpc) is 3.21. The lowest BCUT2D eigenvalue weighted by atomic mass is 10.2. The van der Waals surface area contributed by atoms with Crippen LogP contribution in [0.15, 0.2) is 46.0 Å². The number of nitrogens with one attached hydrogen (secondary N) is 1. The smallest absolute Gasteiger partial charge is 0.435 e. The Labute approximate surface area is 150 Å². The van der Waals surface area contributed by atoms with Crippen molar-refractivity contribution >= 4 is 27.8 Å². The van der Waals surface area contributed by atoms with Crippen molar-refractivity contribution in [1.82, 2.24) is 14.8 Å². The van der Waals surface area contributed by atoms with Crippen molar-refractivity contribution < 1.29 is 30.8 Å². The van der Waals surface area contributed by atoms with Crippen molar-refractivity contribution in [3.63, 3.8) is 0 Å². The van der Waals surface area contributed by atoms with Gasteiger partial charge in [0.2, 0.25) is 0 Å². The van der Waals surface area contributed by atoms with E-state index in [9.17, 15) is 26.4 Å². The summed E-state index contributed by atoms with van der Waals surface area (Å²) in [6, 6.07) is 5.27. The monoisotopic (exact) mass is 400 g/mol. The van der Waals surface area contributed by atoms with Gasteiger partial charge in [-0.1, -0.05) is 0 Å². The molecule has 1 N–H and O–H groups in total.